The van der Waals surface area contributed by atoms with E-state index in [0.29, 0.717) is 18.7 Å². The Morgan fingerprint density at radius 2 is 1.64 bits per heavy atom. The summed E-state index contributed by atoms with van der Waals surface area (Å²) in [4.78, 5) is 28.6. The summed E-state index contributed by atoms with van der Waals surface area (Å²) in [7, 11) is 2.33. The van der Waals surface area contributed by atoms with E-state index in [0.717, 1.165) is 15.4 Å². The summed E-state index contributed by atoms with van der Waals surface area (Å²) in [6.45, 7) is 2.33. The van der Waals surface area contributed by atoms with Gasteiger partial charge in [-0.25, -0.2) is 12.7 Å². The molecular formula is C28H32N6O4S+. The molecule has 2 aromatic carbocycles. The molecule has 0 saturated carbocycles. The van der Waals surface area contributed by atoms with Crippen molar-refractivity contribution in [2.45, 2.75) is 24.8 Å². The predicted octanol–water partition coefficient (Wildman–Crippen LogP) is 4.39. The summed E-state index contributed by atoms with van der Waals surface area (Å²) < 4.78 is 33.0. The zero-order chi connectivity index (χ0) is 28.2. The summed E-state index contributed by atoms with van der Waals surface area (Å²) >= 11 is 0. The fraction of sp³-hybridized carbons (Fsp3) is 0.250. The second-order valence-corrected chi connectivity index (χ2v) is 11.6. The number of hydrogen-bond donors (Lipinski definition) is 0. The van der Waals surface area contributed by atoms with Crippen molar-refractivity contribution < 1.29 is 17.9 Å². The van der Waals surface area contributed by atoms with E-state index in [2.05, 4.69) is 15.0 Å². The van der Waals surface area contributed by atoms with E-state index < -0.39 is 20.6 Å². The van der Waals surface area contributed by atoms with Gasteiger partial charge in [-0.15, -0.1) is 9.97 Å². The minimum absolute atomic E-state index is 0.0258. The van der Waals surface area contributed by atoms with Gasteiger partial charge in [0.2, 0.25) is 11.9 Å². The highest BCUT2D eigenvalue weighted by Crippen LogP contribution is 2.26. The molecule has 1 radical (unpaired) electrons. The molecule has 0 fully saturated rings. The number of carbonyl (C=O) groups excluding carboxylic acids is 1. The number of nitrogens with zero attached hydrogens (tertiary/aromatic N) is 6. The molecule has 0 bridgehead atoms. The maximum absolute atomic E-state index is 13.5. The zero-order valence-electron chi connectivity index (χ0n) is 22.6. The summed E-state index contributed by atoms with van der Waals surface area (Å²) in [5.74, 6) is 0.525. The minimum atomic E-state index is -4.00. The number of quaternary nitrogens is 1. The first-order chi connectivity index (χ1) is 18.5. The molecule has 0 atom stereocenters. The lowest BCUT2D eigenvalue weighted by Crippen LogP contribution is -2.48. The quantitative estimate of drug-likeness (QED) is 0.382. The summed E-state index contributed by atoms with van der Waals surface area (Å²) in [6.07, 6.45) is 7.25. The van der Waals surface area contributed by atoms with Crippen LogP contribution in [0.4, 0.5) is 22.6 Å². The lowest BCUT2D eigenvalue weighted by atomic mass is 10.2. The van der Waals surface area contributed by atoms with Crippen LogP contribution in [-0.4, -0.2) is 57.7 Å². The third kappa shape index (κ3) is 6.32. The first-order valence-corrected chi connectivity index (χ1v) is 13.8. The maximum Gasteiger partial charge on any atom is 0.528 e. The number of benzene rings is 2. The van der Waals surface area contributed by atoms with Crippen molar-refractivity contribution in [1.82, 2.24) is 19.4 Å². The van der Waals surface area contributed by atoms with Crippen molar-refractivity contribution in [1.29, 1.82) is 0 Å². The van der Waals surface area contributed by atoms with Crippen LogP contribution in [-0.2, 0) is 21.3 Å². The van der Waals surface area contributed by atoms with Crippen LogP contribution in [0.5, 0.6) is 0 Å². The monoisotopic (exact) mass is 548 g/mol. The number of ether oxygens (including phenoxy) is 1. The molecule has 3 aromatic rings. The van der Waals surface area contributed by atoms with Gasteiger partial charge in [-0.1, -0.05) is 54.1 Å². The van der Waals surface area contributed by atoms with Crippen LogP contribution in [0, 0.1) is 13.3 Å². The van der Waals surface area contributed by atoms with Crippen LogP contribution >= 0.6 is 0 Å². The molecule has 1 heterocycles. The van der Waals surface area contributed by atoms with E-state index in [1.54, 1.807) is 50.3 Å². The van der Waals surface area contributed by atoms with Crippen molar-refractivity contribution >= 4 is 34.0 Å². The summed E-state index contributed by atoms with van der Waals surface area (Å²) in [5.41, 5.74) is 1.94. The number of aryl methyl sites for hydroxylation is 1. The minimum Gasteiger partial charge on any atom is -0.381 e. The standard InChI is InChI=1S/C28H32N6O4S/c1-21-16-18-24(19-17-21)39(36,37)33(3)26-29-25(32(2)20-22-12-8-6-9-13-22)30-27(31-26)34(4,5)28(35)38-23-14-10-7-11-15-23/h6-10,12-19H,11,20H2,1-5H3/q+1. The Kier molecular flexibility index (Phi) is 8.12. The van der Waals surface area contributed by atoms with Crippen molar-refractivity contribution in [3.05, 3.63) is 96.1 Å². The van der Waals surface area contributed by atoms with Crippen molar-refractivity contribution in [2.24, 2.45) is 0 Å². The average molecular weight is 549 g/mol. The smallest absolute Gasteiger partial charge is 0.381 e. The molecule has 0 unspecified atom stereocenters. The molecule has 1 aliphatic rings. The number of hydrogen-bond acceptors (Lipinski definition) is 8. The molecule has 0 aliphatic heterocycles. The molecule has 11 heteroatoms. The second-order valence-electron chi connectivity index (χ2n) is 9.62. The van der Waals surface area contributed by atoms with Gasteiger partial charge in [0, 0.05) is 20.6 Å². The number of allylic oxidation sites excluding steroid dienone is 3. The van der Waals surface area contributed by atoms with Gasteiger partial charge in [0.25, 0.3) is 10.0 Å². The molecule has 1 amide bonds. The topological polar surface area (TPSA) is 106 Å². The Labute approximate surface area is 229 Å². The molecule has 203 valence electrons. The maximum atomic E-state index is 13.5. The van der Waals surface area contributed by atoms with E-state index in [9.17, 15) is 13.2 Å². The van der Waals surface area contributed by atoms with Gasteiger partial charge in [0.15, 0.2) is 0 Å². The van der Waals surface area contributed by atoms with Gasteiger partial charge in [0.05, 0.1) is 19.0 Å². The van der Waals surface area contributed by atoms with E-state index in [-0.39, 0.29) is 22.7 Å². The highest BCUT2D eigenvalue weighted by atomic mass is 32.2. The molecule has 10 nitrogen and oxygen atoms in total. The zero-order valence-corrected chi connectivity index (χ0v) is 23.5. The van der Waals surface area contributed by atoms with Crippen LogP contribution < -0.4 is 13.7 Å². The van der Waals surface area contributed by atoms with Gasteiger partial charge in [0.1, 0.15) is 5.76 Å². The van der Waals surface area contributed by atoms with Gasteiger partial charge < -0.3 is 9.64 Å². The van der Waals surface area contributed by atoms with Crippen molar-refractivity contribution in [2.75, 3.05) is 37.4 Å². The molecule has 0 saturated heterocycles. The normalized spacial score (nSPS) is 13.5. The Bertz CT molecular complexity index is 1500. The average Bonchev–Trinajstić information content (AvgIpc) is 2.93. The fourth-order valence-corrected chi connectivity index (χ4v) is 4.77. The number of sulfonamides is 1. The number of anilines is 2. The highest BCUT2D eigenvalue weighted by molar-refractivity contribution is 7.92. The fourth-order valence-electron chi connectivity index (χ4n) is 3.67. The lowest BCUT2D eigenvalue weighted by molar-refractivity contribution is 0.148. The second kappa shape index (κ2) is 11.3. The van der Waals surface area contributed by atoms with E-state index in [4.69, 9.17) is 4.74 Å². The van der Waals surface area contributed by atoms with Gasteiger partial charge in [-0.2, -0.15) is 14.3 Å². The summed E-state index contributed by atoms with van der Waals surface area (Å²) in [5, 5.41) is 0. The number of rotatable bonds is 8. The van der Waals surface area contributed by atoms with Crippen LogP contribution in [0.1, 0.15) is 17.5 Å². The largest absolute Gasteiger partial charge is 0.528 e. The Morgan fingerprint density at radius 1 is 0.974 bits per heavy atom. The molecule has 0 spiro atoms. The molecule has 4 rings (SSSR count). The van der Waals surface area contributed by atoms with Gasteiger partial charge in [-0.3, -0.25) is 0 Å². The van der Waals surface area contributed by atoms with Gasteiger partial charge >= 0.3 is 12.0 Å². The SMILES string of the molecule is Cc1ccc(S(=O)(=O)N(C)c2nc(N(C)Cc3ccccc3)nc([N+](C)(C)C(=O)OC3=CC[CH]C=C3)n2)cc1. The molecule has 0 N–H and O–H groups in total. The van der Waals surface area contributed by atoms with E-state index in [1.807, 2.05) is 49.8 Å². The molecule has 1 aliphatic carbocycles. The predicted molar refractivity (Wildman–Crippen MR) is 151 cm³/mol. The summed E-state index contributed by atoms with van der Waals surface area (Å²) in [6, 6.07) is 16.2. The third-order valence-corrected chi connectivity index (χ3v) is 7.93. The number of amides is 1. The third-order valence-electron chi connectivity index (χ3n) is 6.18. The van der Waals surface area contributed by atoms with Gasteiger partial charge in [-0.05, 0) is 49.6 Å². The van der Waals surface area contributed by atoms with Crippen LogP contribution in [0.3, 0.4) is 0 Å². The van der Waals surface area contributed by atoms with Crippen LogP contribution in [0.2, 0.25) is 0 Å². The first-order valence-electron chi connectivity index (χ1n) is 12.3. The molecular weight excluding hydrogens is 516 g/mol. The van der Waals surface area contributed by atoms with Crippen molar-refractivity contribution in [3.8, 4) is 0 Å². The van der Waals surface area contributed by atoms with Crippen LogP contribution in [0.15, 0.2) is 83.5 Å². The van der Waals surface area contributed by atoms with Crippen molar-refractivity contribution in [3.63, 3.8) is 0 Å². The van der Waals surface area contributed by atoms with Crippen LogP contribution in [0.25, 0.3) is 0 Å². The Balaban J connectivity index is 1.75. The molecule has 39 heavy (non-hydrogen) atoms. The highest BCUT2D eigenvalue weighted by Gasteiger charge is 2.38. The Morgan fingerprint density at radius 3 is 2.28 bits per heavy atom. The Hall–Kier alpha value is -4.09. The van der Waals surface area contributed by atoms with E-state index >= 15 is 0 Å². The number of carbonyl (C=O) groups is 1. The number of aromatic nitrogens is 3. The molecule has 1 aromatic heterocycles. The lowest BCUT2D eigenvalue weighted by Gasteiger charge is -2.26. The van der Waals surface area contributed by atoms with E-state index in [1.165, 1.54) is 19.2 Å². The first kappa shape index (κ1) is 27.9.